The Morgan fingerprint density at radius 1 is 1.13 bits per heavy atom. The fourth-order valence-corrected chi connectivity index (χ4v) is 3.53. The number of anilines is 1. The summed E-state index contributed by atoms with van der Waals surface area (Å²) >= 11 is 0. The summed E-state index contributed by atoms with van der Waals surface area (Å²) in [5.74, 6) is -0.283. The van der Waals surface area contributed by atoms with Gasteiger partial charge in [-0.1, -0.05) is 12.1 Å². The zero-order valence-electron chi connectivity index (χ0n) is 16.8. The molecule has 0 aliphatic carbocycles. The highest BCUT2D eigenvalue weighted by atomic mass is 19.1. The first kappa shape index (κ1) is 20.5. The van der Waals surface area contributed by atoms with Gasteiger partial charge < -0.3 is 15.0 Å². The maximum absolute atomic E-state index is 13.7. The van der Waals surface area contributed by atoms with Gasteiger partial charge in [-0.25, -0.2) is 14.1 Å². The lowest BCUT2D eigenvalue weighted by Gasteiger charge is -2.34. The number of ether oxygens (including phenoxy) is 1. The number of hydrogen-bond acceptors (Lipinski definition) is 5. The van der Waals surface area contributed by atoms with Gasteiger partial charge in [-0.3, -0.25) is 9.59 Å². The first-order valence-corrected chi connectivity index (χ1v) is 10.1. The molecule has 2 aromatic carbocycles. The monoisotopic (exact) mass is 423 g/mol. The fourth-order valence-electron chi connectivity index (χ4n) is 3.53. The van der Waals surface area contributed by atoms with Crippen LogP contribution in [0.4, 0.5) is 10.1 Å². The Morgan fingerprint density at radius 3 is 2.68 bits per heavy atom. The number of nitrogens with one attached hydrogen (secondary N) is 1. The van der Waals surface area contributed by atoms with Crippen molar-refractivity contribution in [2.75, 3.05) is 11.9 Å². The number of halogens is 1. The quantitative estimate of drug-likeness (QED) is 0.658. The molecule has 0 spiro atoms. The number of carbonyl (C=O) groups excluding carboxylic acids is 2. The van der Waals surface area contributed by atoms with Crippen molar-refractivity contribution in [2.45, 2.75) is 31.8 Å². The van der Waals surface area contributed by atoms with Crippen LogP contribution in [0.15, 0.2) is 61.2 Å². The largest absolute Gasteiger partial charge is 0.454 e. The highest BCUT2D eigenvalue weighted by Crippen LogP contribution is 2.26. The van der Waals surface area contributed by atoms with E-state index in [4.69, 9.17) is 4.74 Å². The smallest absolute Gasteiger partial charge is 0.247 e. The van der Waals surface area contributed by atoms with E-state index < -0.39 is 11.9 Å². The number of aromatic nitrogens is 3. The molecule has 1 aliphatic rings. The molecule has 1 N–H and O–H groups in total. The molecule has 4 rings (SSSR count). The number of amides is 2. The highest BCUT2D eigenvalue weighted by molar-refractivity contribution is 5.97. The maximum atomic E-state index is 13.7. The van der Waals surface area contributed by atoms with Crippen LogP contribution in [0.2, 0.25) is 0 Å². The van der Waals surface area contributed by atoms with Crippen LogP contribution in [-0.2, 0) is 16.1 Å². The third-order valence-electron chi connectivity index (χ3n) is 5.08. The molecular weight excluding hydrogens is 401 g/mol. The van der Waals surface area contributed by atoms with E-state index in [0.717, 1.165) is 12.8 Å². The van der Waals surface area contributed by atoms with Gasteiger partial charge in [0.2, 0.25) is 11.8 Å². The van der Waals surface area contributed by atoms with Crippen LogP contribution < -0.4 is 10.1 Å². The third kappa shape index (κ3) is 5.06. The topological polar surface area (TPSA) is 89.4 Å². The molecule has 31 heavy (non-hydrogen) atoms. The van der Waals surface area contributed by atoms with Crippen LogP contribution in [0.3, 0.4) is 0 Å². The van der Waals surface area contributed by atoms with E-state index in [1.165, 1.54) is 23.4 Å². The standard InChI is InChI=1S/C22H22FN5O3/c23-18-5-1-2-7-20(18)31-17-10-8-16(9-11-17)26-22(30)19-6-3-4-12-28(19)21(29)13-27-15-24-14-25-27/h1-2,5,7-11,14-15,19H,3-4,6,12-13H2,(H,26,30)/t19-/m1/s1. The highest BCUT2D eigenvalue weighted by Gasteiger charge is 2.32. The number of para-hydroxylation sites is 1. The summed E-state index contributed by atoms with van der Waals surface area (Å²) in [7, 11) is 0. The Kier molecular flexibility index (Phi) is 6.21. The van der Waals surface area contributed by atoms with E-state index >= 15 is 0 Å². The van der Waals surface area contributed by atoms with Crippen LogP contribution in [0.1, 0.15) is 19.3 Å². The SMILES string of the molecule is O=C(Nc1ccc(Oc2ccccc2F)cc1)[C@H]1CCCCN1C(=O)Cn1cncn1. The molecule has 2 heterocycles. The Bertz CT molecular complexity index is 1040. The predicted molar refractivity (Wildman–Crippen MR) is 111 cm³/mol. The molecular formula is C22H22FN5O3. The van der Waals surface area contributed by atoms with Crippen molar-refractivity contribution in [1.82, 2.24) is 19.7 Å². The first-order valence-electron chi connectivity index (χ1n) is 10.1. The van der Waals surface area contributed by atoms with Crippen molar-refractivity contribution in [3.8, 4) is 11.5 Å². The Balaban J connectivity index is 1.39. The van der Waals surface area contributed by atoms with Gasteiger partial charge in [0.1, 0.15) is 31.0 Å². The molecule has 0 unspecified atom stereocenters. The van der Waals surface area contributed by atoms with Gasteiger partial charge in [0, 0.05) is 12.2 Å². The fraction of sp³-hybridized carbons (Fsp3) is 0.273. The van der Waals surface area contributed by atoms with E-state index in [0.29, 0.717) is 24.4 Å². The lowest BCUT2D eigenvalue weighted by Crippen LogP contribution is -2.51. The zero-order chi connectivity index (χ0) is 21.6. The van der Waals surface area contributed by atoms with Crippen LogP contribution in [0, 0.1) is 5.82 Å². The third-order valence-corrected chi connectivity index (χ3v) is 5.08. The van der Waals surface area contributed by atoms with Crippen molar-refractivity contribution in [2.24, 2.45) is 0 Å². The zero-order valence-corrected chi connectivity index (χ0v) is 16.8. The molecule has 2 amide bonds. The van der Waals surface area contributed by atoms with Crippen molar-refractivity contribution in [3.05, 3.63) is 67.0 Å². The number of benzene rings is 2. The second-order valence-corrected chi connectivity index (χ2v) is 7.24. The molecule has 1 fully saturated rings. The van der Waals surface area contributed by atoms with Gasteiger partial charge in [-0.2, -0.15) is 5.10 Å². The predicted octanol–water partition coefficient (Wildman–Crippen LogP) is 3.23. The molecule has 1 aromatic heterocycles. The van der Waals surface area contributed by atoms with Crippen LogP contribution >= 0.6 is 0 Å². The van der Waals surface area contributed by atoms with Crippen LogP contribution in [-0.4, -0.2) is 44.1 Å². The minimum absolute atomic E-state index is 0.0475. The summed E-state index contributed by atoms with van der Waals surface area (Å²) < 4.78 is 20.7. The van der Waals surface area contributed by atoms with Crippen LogP contribution in [0.5, 0.6) is 11.5 Å². The van der Waals surface area contributed by atoms with Crippen LogP contribution in [0.25, 0.3) is 0 Å². The molecule has 0 radical (unpaired) electrons. The molecule has 0 bridgehead atoms. The average Bonchev–Trinajstić information content (AvgIpc) is 3.29. The lowest BCUT2D eigenvalue weighted by molar-refractivity contribution is -0.141. The molecule has 160 valence electrons. The molecule has 3 aromatic rings. The summed E-state index contributed by atoms with van der Waals surface area (Å²) in [6, 6.07) is 12.3. The molecule has 1 atom stereocenters. The first-order chi connectivity index (χ1) is 15.1. The molecule has 0 saturated carbocycles. The number of nitrogens with zero attached hydrogens (tertiary/aromatic N) is 4. The van der Waals surface area contributed by atoms with E-state index in [2.05, 4.69) is 15.4 Å². The number of hydrogen-bond donors (Lipinski definition) is 1. The Labute approximate surface area is 178 Å². The normalized spacial score (nSPS) is 16.0. The van der Waals surface area contributed by atoms with Gasteiger partial charge in [0.15, 0.2) is 11.6 Å². The summed E-state index contributed by atoms with van der Waals surface area (Å²) in [5.41, 5.74) is 0.570. The summed E-state index contributed by atoms with van der Waals surface area (Å²) in [5, 5.41) is 6.82. The average molecular weight is 423 g/mol. The maximum Gasteiger partial charge on any atom is 0.247 e. The number of likely N-dealkylation sites (tertiary alicyclic amines) is 1. The minimum Gasteiger partial charge on any atom is -0.454 e. The van der Waals surface area contributed by atoms with E-state index in [1.807, 2.05) is 0 Å². The molecule has 1 aliphatic heterocycles. The van der Waals surface area contributed by atoms with Gasteiger partial charge in [0.05, 0.1) is 0 Å². The lowest BCUT2D eigenvalue weighted by atomic mass is 10.0. The minimum atomic E-state index is -0.542. The van der Waals surface area contributed by atoms with Crippen molar-refractivity contribution in [1.29, 1.82) is 0 Å². The molecule has 1 saturated heterocycles. The van der Waals surface area contributed by atoms with Gasteiger partial charge in [-0.15, -0.1) is 0 Å². The summed E-state index contributed by atoms with van der Waals surface area (Å²) in [6.45, 7) is 0.576. The molecule has 8 nitrogen and oxygen atoms in total. The van der Waals surface area contributed by atoms with E-state index in [9.17, 15) is 14.0 Å². The Hall–Kier alpha value is -3.75. The van der Waals surface area contributed by atoms with Gasteiger partial charge >= 0.3 is 0 Å². The van der Waals surface area contributed by atoms with E-state index in [-0.39, 0.29) is 24.1 Å². The second-order valence-electron chi connectivity index (χ2n) is 7.24. The second kappa shape index (κ2) is 9.38. The van der Waals surface area contributed by atoms with Crippen molar-refractivity contribution < 1.29 is 18.7 Å². The van der Waals surface area contributed by atoms with Gasteiger partial charge in [-0.05, 0) is 55.7 Å². The van der Waals surface area contributed by atoms with E-state index in [1.54, 1.807) is 47.4 Å². The number of rotatable bonds is 6. The number of carbonyl (C=O) groups is 2. The van der Waals surface area contributed by atoms with Crippen molar-refractivity contribution >= 4 is 17.5 Å². The summed E-state index contributed by atoms with van der Waals surface area (Å²) in [4.78, 5) is 31.0. The number of piperidine rings is 1. The van der Waals surface area contributed by atoms with Crippen molar-refractivity contribution in [3.63, 3.8) is 0 Å². The summed E-state index contributed by atoms with van der Waals surface area (Å²) in [6.07, 6.45) is 5.17. The Morgan fingerprint density at radius 2 is 1.94 bits per heavy atom. The van der Waals surface area contributed by atoms with Gasteiger partial charge in [0.25, 0.3) is 0 Å². The molecule has 9 heteroatoms.